The zero-order chi connectivity index (χ0) is 19.2. The van der Waals surface area contributed by atoms with E-state index in [9.17, 15) is 4.79 Å². The van der Waals surface area contributed by atoms with Crippen LogP contribution in [0.25, 0.3) is 11.4 Å². The molecule has 0 aliphatic carbocycles. The van der Waals surface area contributed by atoms with Crippen LogP contribution in [-0.2, 0) is 11.2 Å². The van der Waals surface area contributed by atoms with Crippen LogP contribution in [0.5, 0.6) is 6.01 Å². The number of hydrogen-bond donors (Lipinski definition) is 0. The first-order valence-electron chi connectivity index (χ1n) is 9.14. The van der Waals surface area contributed by atoms with Crippen molar-refractivity contribution in [2.45, 2.75) is 47.5 Å². The average Bonchev–Trinajstić information content (AvgIpc) is 3.02. The molecular formula is C20H29N3O3. The molecule has 1 heterocycles. The topological polar surface area (TPSA) is 66.2 Å². The summed E-state index contributed by atoms with van der Waals surface area (Å²) in [6, 6.07) is 8.21. The van der Waals surface area contributed by atoms with Crippen molar-refractivity contribution in [1.29, 1.82) is 0 Å². The van der Waals surface area contributed by atoms with E-state index in [0.29, 0.717) is 32.1 Å². The van der Waals surface area contributed by atoms with Crippen molar-refractivity contribution in [3.63, 3.8) is 0 Å². The van der Waals surface area contributed by atoms with Crippen LogP contribution >= 0.6 is 0 Å². The molecule has 0 amide bonds. The third kappa shape index (κ3) is 5.66. The smallest absolute Gasteiger partial charge is 0.336 e. The fourth-order valence-electron chi connectivity index (χ4n) is 2.47. The average molecular weight is 359 g/mol. The van der Waals surface area contributed by atoms with Gasteiger partial charge < -0.3 is 9.47 Å². The van der Waals surface area contributed by atoms with Crippen molar-refractivity contribution < 1.29 is 14.3 Å². The second-order valence-corrected chi connectivity index (χ2v) is 7.36. The highest BCUT2D eigenvalue weighted by Crippen LogP contribution is 2.24. The Morgan fingerprint density at radius 3 is 2.38 bits per heavy atom. The molecule has 0 aliphatic heterocycles. The maximum absolute atomic E-state index is 12.7. The summed E-state index contributed by atoms with van der Waals surface area (Å²) in [4.78, 5) is 17.2. The summed E-state index contributed by atoms with van der Waals surface area (Å²) in [7, 11) is 0. The van der Waals surface area contributed by atoms with E-state index in [1.807, 2.05) is 52.0 Å². The summed E-state index contributed by atoms with van der Waals surface area (Å²) in [5.41, 5.74) is 1.94. The minimum Gasteiger partial charge on any atom is -0.460 e. The van der Waals surface area contributed by atoms with Gasteiger partial charge in [0.15, 0.2) is 5.82 Å². The third-order valence-corrected chi connectivity index (χ3v) is 3.79. The number of ether oxygens (including phenoxy) is 2. The molecule has 0 fully saturated rings. The fraction of sp³-hybridized carbons (Fsp3) is 0.550. The highest BCUT2D eigenvalue weighted by atomic mass is 16.5. The van der Waals surface area contributed by atoms with Gasteiger partial charge in [0.25, 0.3) is 0 Å². The molecule has 6 nitrogen and oxygen atoms in total. The number of aromatic nitrogens is 3. The van der Waals surface area contributed by atoms with Gasteiger partial charge in [-0.25, -0.2) is 0 Å². The van der Waals surface area contributed by atoms with E-state index in [1.54, 1.807) is 0 Å². The SMILES string of the molecule is CCOCCOc1nc(-c2ccc(CC)cc2)n(C(=O)CC(C)(C)C)n1. The molecule has 0 spiro atoms. The van der Waals surface area contributed by atoms with Crippen LogP contribution in [0.15, 0.2) is 24.3 Å². The molecule has 0 saturated heterocycles. The van der Waals surface area contributed by atoms with Crippen LogP contribution in [-0.4, -0.2) is 40.5 Å². The zero-order valence-corrected chi connectivity index (χ0v) is 16.4. The van der Waals surface area contributed by atoms with Gasteiger partial charge >= 0.3 is 6.01 Å². The normalized spacial score (nSPS) is 11.6. The lowest BCUT2D eigenvalue weighted by Crippen LogP contribution is -2.21. The largest absolute Gasteiger partial charge is 0.460 e. The Kier molecular flexibility index (Phi) is 6.91. The number of rotatable bonds is 8. The Morgan fingerprint density at radius 2 is 1.81 bits per heavy atom. The highest BCUT2D eigenvalue weighted by molar-refractivity contribution is 5.82. The van der Waals surface area contributed by atoms with Crippen molar-refractivity contribution in [2.24, 2.45) is 5.41 Å². The zero-order valence-electron chi connectivity index (χ0n) is 16.4. The van der Waals surface area contributed by atoms with Crippen LogP contribution in [0.1, 0.15) is 51.4 Å². The number of carbonyl (C=O) groups excluding carboxylic acids is 1. The second kappa shape index (κ2) is 8.94. The Morgan fingerprint density at radius 1 is 1.12 bits per heavy atom. The Labute approximate surface area is 155 Å². The van der Waals surface area contributed by atoms with Gasteiger partial charge in [0.2, 0.25) is 5.91 Å². The fourth-order valence-corrected chi connectivity index (χ4v) is 2.47. The van der Waals surface area contributed by atoms with E-state index in [0.717, 1.165) is 12.0 Å². The monoisotopic (exact) mass is 359 g/mol. The van der Waals surface area contributed by atoms with E-state index in [-0.39, 0.29) is 17.3 Å². The summed E-state index contributed by atoms with van der Waals surface area (Å²) < 4.78 is 12.2. The molecule has 2 rings (SSSR count). The number of nitrogens with zero attached hydrogens (tertiary/aromatic N) is 3. The standard InChI is InChI=1S/C20H29N3O3/c1-6-15-8-10-16(11-9-15)18-21-19(26-13-12-25-7-2)22-23(18)17(24)14-20(3,4)5/h8-11H,6-7,12-14H2,1-5H3. The quantitative estimate of drug-likeness (QED) is 0.667. The maximum atomic E-state index is 12.7. The highest BCUT2D eigenvalue weighted by Gasteiger charge is 2.23. The third-order valence-electron chi connectivity index (χ3n) is 3.79. The first-order chi connectivity index (χ1) is 12.3. The van der Waals surface area contributed by atoms with Crippen molar-refractivity contribution in [1.82, 2.24) is 14.8 Å². The van der Waals surface area contributed by atoms with Gasteiger partial charge in [0, 0.05) is 18.6 Å². The van der Waals surface area contributed by atoms with Crippen LogP contribution in [0, 0.1) is 5.41 Å². The molecule has 0 unspecified atom stereocenters. The Hall–Kier alpha value is -2.21. The van der Waals surface area contributed by atoms with E-state index < -0.39 is 0 Å². The van der Waals surface area contributed by atoms with Gasteiger partial charge in [-0.15, -0.1) is 5.10 Å². The first kappa shape index (κ1) is 20.1. The van der Waals surface area contributed by atoms with Crippen LogP contribution in [0.2, 0.25) is 0 Å². The lowest BCUT2D eigenvalue weighted by atomic mass is 9.92. The van der Waals surface area contributed by atoms with Gasteiger partial charge in [-0.2, -0.15) is 9.67 Å². The molecule has 0 radical (unpaired) electrons. The summed E-state index contributed by atoms with van der Waals surface area (Å²) in [5, 5.41) is 4.29. The molecule has 142 valence electrons. The second-order valence-electron chi connectivity index (χ2n) is 7.36. The summed E-state index contributed by atoms with van der Waals surface area (Å²) in [5.74, 6) is 0.410. The lowest BCUT2D eigenvalue weighted by molar-refractivity contribution is 0.0836. The van der Waals surface area contributed by atoms with Gasteiger partial charge in [0.05, 0.1) is 6.61 Å². The molecular weight excluding hydrogens is 330 g/mol. The Bertz CT molecular complexity index is 715. The number of aryl methyl sites for hydroxylation is 1. The minimum atomic E-state index is -0.137. The summed E-state index contributed by atoms with van der Waals surface area (Å²) >= 11 is 0. The maximum Gasteiger partial charge on any atom is 0.336 e. The molecule has 0 bridgehead atoms. The molecule has 2 aromatic rings. The molecule has 0 N–H and O–H groups in total. The van der Waals surface area contributed by atoms with E-state index in [4.69, 9.17) is 9.47 Å². The van der Waals surface area contributed by atoms with Gasteiger partial charge in [0.1, 0.15) is 6.61 Å². The number of carbonyl (C=O) groups is 1. The summed E-state index contributed by atoms with van der Waals surface area (Å²) in [6.07, 6.45) is 1.33. The van der Waals surface area contributed by atoms with Crippen LogP contribution in [0.3, 0.4) is 0 Å². The van der Waals surface area contributed by atoms with Crippen molar-refractivity contribution in [2.75, 3.05) is 19.8 Å². The molecule has 1 aromatic heterocycles. The molecule has 0 saturated carbocycles. The lowest BCUT2D eigenvalue weighted by Gasteiger charge is -2.16. The first-order valence-corrected chi connectivity index (χ1v) is 9.14. The van der Waals surface area contributed by atoms with Crippen molar-refractivity contribution >= 4 is 5.91 Å². The molecule has 6 heteroatoms. The molecule has 1 aromatic carbocycles. The van der Waals surface area contributed by atoms with Gasteiger partial charge in [-0.05, 0) is 24.3 Å². The van der Waals surface area contributed by atoms with Gasteiger partial charge in [-0.1, -0.05) is 52.0 Å². The summed E-state index contributed by atoms with van der Waals surface area (Å²) in [6.45, 7) is 11.5. The van der Waals surface area contributed by atoms with E-state index in [2.05, 4.69) is 17.0 Å². The number of hydrogen-bond acceptors (Lipinski definition) is 5. The van der Waals surface area contributed by atoms with E-state index in [1.165, 1.54) is 10.2 Å². The minimum absolute atomic E-state index is 0.0979. The molecule has 0 aliphatic rings. The van der Waals surface area contributed by atoms with E-state index >= 15 is 0 Å². The Balaban J connectivity index is 2.29. The van der Waals surface area contributed by atoms with Crippen molar-refractivity contribution in [3.8, 4) is 17.4 Å². The van der Waals surface area contributed by atoms with Gasteiger partial charge in [-0.3, -0.25) is 4.79 Å². The molecule has 26 heavy (non-hydrogen) atoms. The molecule has 0 atom stereocenters. The van der Waals surface area contributed by atoms with Crippen molar-refractivity contribution in [3.05, 3.63) is 29.8 Å². The van der Waals surface area contributed by atoms with Crippen LogP contribution in [0.4, 0.5) is 0 Å². The predicted octanol–water partition coefficient (Wildman–Crippen LogP) is 4.00. The predicted molar refractivity (Wildman–Crippen MR) is 102 cm³/mol. The number of benzene rings is 1. The van der Waals surface area contributed by atoms with Crippen LogP contribution < -0.4 is 4.74 Å².